The highest BCUT2D eigenvalue weighted by atomic mass is 32.2. The van der Waals surface area contributed by atoms with Gasteiger partial charge in [-0.3, -0.25) is 0 Å². The number of rotatable bonds is 7. The Balaban J connectivity index is 3.09. The van der Waals surface area contributed by atoms with Gasteiger partial charge in [0.2, 0.25) is 10.0 Å². The number of aliphatic hydroxyl groups is 1. The second-order valence-corrected chi connectivity index (χ2v) is 6.41. The molecule has 0 amide bonds. The number of benzene rings is 1. The van der Waals surface area contributed by atoms with Gasteiger partial charge in [0, 0.05) is 6.54 Å². The van der Waals surface area contributed by atoms with Crippen LogP contribution in [-0.4, -0.2) is 32.7 Å². The monoisotopic (exact) mass is 286 g/mol. The third-order valence-electron chi connectivity index (χ3n) is 2.85. The third-order valence-corrected chi connectivity index (χ3v) is 4.46. The van der Waals surface area contributed by atoms with Crippen LogP contribution in [0.2, 0.25) is 0 Å². The second-order valence-electron chi connectivity index (χ2n) is 4.67. The SMILES string of the molecule is CCNS(=O)(=O)c1ccccc1NC(CO)C(C)C. The van der Waals surface area contributed by atoms with Crippen molar-refractivity contribution in [2.24, 2.45) is 5.92 Å². The zero-order valence-corrected chi connectivity index (χ0v) is 12.4. The highest BCUT2D eigenvalue weighted by Crippen LogP contribution is 2.22. The van der Waals surface area contributed by atoms with E-state index in [1.807, 2.05) is 13.8 Å². The van der Waals surface area contributed by atoms with Crippen LogP contribution in [-0.2, 0) is 10.0 Å². The third kappa shape index (κ3) is 4.19. The van der Waals surface area contributed by atoms with Crippen LogP contribution in [0.3, 0.4) is 0 Å². The van der Waals surface area contributed by atoms with Gasteiger partial charge in [0.05, 0.1) is 18.3 Å². The Morgan fingerprint density at radius 1 is 1.26 bits per heavy atom. The average molecular weight is 286 g/mol. The van der Waals surface area contributed by atoms with Crippen LogP contribution in [0.25, 0.3) is 0 Å². The van der Waals surface area contributed by atoms with E-state index in [1.165, 1.54) is 0 Å². The fourth-order valence-electron chi connectivity index (χ4n) is 1.71. The summed E-state index contributed by atoms with van der Waals surface area (Å²) in [5.74, 6) is 0.194. The van der Waals surface area contributed by atoms with E-state index in [4.69, 9.17) is 0 Å². The van der Waals surface area contributed by atoms with Crippen molar-refractivity contribution in [3.8, 4) is 0 Å². The van der Waals surface area contributed by atoms with Crippen molar-refractivity contribution in [1.82, 2.24) is 4.72 Å². The van der Waals surface area contributed by atoms with Crippen LogP contribution < -0.4 is 10.0 Å². The minimum atomic E-state index is -3.51. The maximum absolute atomic E-state index is 12.1. The molecule has 1 atom stereocenters. The molecule has 1 unspecified atom stereocenters. The molecule has 0 aliphatic rings. The summed E-state index contributed by atoms with van der Waals surface area (Å²) in [5.41, 5.74) is 0.510. The lowest BCUT2D eigenvalue weighted by Gasteiger charge is -2.22. The Bertz CT molecular complexity index is 500. The largest absolute Gasteiger partial charge is 0.394 e. The lowest BCUT2D eigenvalue weighted by atomic mass is 10.1. The summed E-state index contributed by atoms with van der Waals surface area (Å²) < 4.78 is 26.6. The van der Waals surface area contributed by atoms with Crippen LogP contribution in [0, 0.1) is 5.92 Å². The first kappa shape index (κ1) is 15.9. The van der Waals surface area contributed by atoms with E-state index in [1.54, 1.807) is 31.2 Å². The summed E-state index contributed by atoms with van der Waals surface area (Å²) in [6, 6.07) is 6.52. The standard InChI is InChI=1S/C13H22N2O3S/c1-4-14-19(17,18)13-8-6-5-7-11(13)15-12(9-16)10(2)3/h5-8,10,12,14-16H,4,9H2,1-3H3. The van der Waals surface area contributed by atoms with Crippen molar-refractivity contribution in [3.05, 3.63) is 24.3 Å². The summed E-state index contributed by atoms with van der Waals surface area (Å²) in [4.78, 5) is 0.205. The van der Waals surface area contributed by atoms with Crippen LogP contribution >= 0.6 is 0 Å². The molecule has 0 saturated heterocycles. The molecule has 108 valence electrons. The second kappa shape index (κ2) is 6.88. The van der Waals surface area contributed by atoms with E-state index in [9.17, 15) is 13.5 Å². The minimum Gasteiger partial charge on any atom is -0.394 e. The molecule has 0 spiro atoms. The number of sulfonamides is 1. The highest BCUT2D eigenvalue weighted by molar-refractivity contribution is 7.89. The van der Waals surface area contributed by atoms with Gasteiger partial charge in [0.15, 0.2) is 0 Å². The smallest absolute Gasteiger partial charge is 0.242 e. The van der Waals surface area contributed by atoms with E-state index in [-0.39, 0.29) is 23.5 Å². The van der Waals surface area contributed by atoms with Gasteiger partial charge in [-0.05, 0) is 18.1 Å². The Morgan fingerprint density at radius 3 is 2.42 bits per heavy atom. The van der Waals surface area contributed by atoms with E-state index < -0.39 is 10.0 Å². The summed E-state index contributed by atoms with van der Waals surface area (Å²) in [7, 11) is -3.51. The molecule has 0 radical (unpaired) electrons. The number of nitrogens with one attached hydrogen (secondary N) is 2. The molecule has 3 N–H and O–H groups in total. The highest BCUT2D eigenvalue weighted by Gasteiger charge is 2.20. The van der Waals surface area contributed by atoms with Crippen molar-refractivity contribution in [2.75, 3.05) is 18.5 Å². The molecule has 5 nitrogen and oxygen atoms in total. The molecular weight excluding hydrogens is 264 g/mol. The molecule has 1 aromatic rings. The van der Waals surface area contributed by atoms with Crippen molar-refractivity contribution >= 4 is 15.7 Å². The first-order valence-corrected chi connectivity index (χ1v) is 7.86. The maximum atomic E-state index is 12.1. The van der Waals surface area contributed by atoms with Gasteiger partial charge in [-0.2, -0.15) is 0 Å². The van der Waals surface area contributed by atoms with Gasteiger partial charge in [-0.15, -0.1) is 0 Å². The molecular formula is C13H22N2O3S. The van der Waals surface area contributed by atoms with E-state index in [0.717, 1.165) is 0 Å². The quantitative estimate of drug-likeness (QED) is 0.708. The van der Waals surface area contributed by atoms with E-state index in [0.29, 0.717) is 12.2 Å². The Hall–Kier alpha value is -1.11. The van der Waals surface area contributed by atoms with Crippen molar-refractivity contribution in [1.29, 1.82) is 0 Å². The summed E-state index contributed by atoms with van der Waals surface area (Å²) in [5, 5.41) is 12.4. The van der Waals surface area contributed by atoms with Crippen molar-refractivity contribution in [3.63, 3.8) is 0 Å². The predicted octanol–water partition coefficient (Wildman–Crippen LogP) is 1.41. The Kier molecular flexibility index (Phi) is 5.78. The summed E-state index contributed by atoms with van der Waals surface area (Å²) in [6.07, 6.45) is 0. The van der Waals surface area contributed by atoms with E-state index >= 15 is 0 Å². The summed E-state index contributed by atoms with van der Waals surface area (Å²) in [6.45, 7) is 5.96. The number of para-hydroxylation sites is 1. The van der Waals surface area contributed by atoms with Gasteiger partial charge in [-0.1, -0.05) is 32.9 Å². The number of hydrogen-bond donors (Lipinski definition) is 3. The molecule has 0 fully saturated rings. The Morgan fingerprint density at radius 2 is 1.89 bits per heavy atom. The summed E-state index contributed by atoms with van der Waals surface area (Å²) >= 11 is 0. The zero-order chi connectivity index (χ0) is 14.5. The molecule has 19 heavy (non-hydrogen) atoms. The molecule has 0 bridgehead atoms. The molecule has 1 rings (SSSR count). The van der Waals surface area contributed by atoms with Crippen LogP contribution in [0.5, 0.6) is 0 Å². The zero-order valence-electron chi connectivity index (χ0n) is 11.6. The minimum absolute atomic E-state index is 0.0484. The van der Waals surface area contributed by atoms with Crippen molar-refractivity contribution < 1.29 is 13.5 Å². The fraction of sp³-hybridized carbons (Fsp3) is 0.538. The lowest BCUT2D eigenvalue weighted by molar-refractivity contribution is 0.249. The number of anilines is 1. The number of hydrogen-bond acceptors (Lipinski definition) is 4. The van der Waals surface area contributed by atoms with Crippen LogP contribution in [0.15, 0.2) is 29.2 Å². The maximum Gasteiger partial charge on any atom is 0.242 e. The number of aliphatic hydroxyl groups excluding tert-OH is 1. The van der Waals surface area contributed by atoms with Gasteiger partial charge in [-0.25, -0.2) is 13.1 Å². The molecule has 6 heteroatoms. The van der Waals surface area contributed by atoms with Crippen molar-refractivity contribution in [2.45, 2.75) is 31.7 Å². The normalized spacial score (nSPS) is 13.5. The van der Waals surface area contributed by atoms with Gasteiger partial charge in [0.1, 0.15) is 4.90 Å². The molecule has 1 aromatic carbocycles. The molecule has 0 aliphatic carbocycles. The first-order valence-electron chi connectivity index (χ1n) is 6.38. The van der Waals surface area contributed by atoms with Crippen LogP contribution in [0.1, 0.15) is 20.8 Å². The molecule has 0 aromatic heterocycles. The molecule has 0 saturated carbocycles. The fourth-order valence-corrected chi connectivity index (χ4v) is 2.92. The molecule has 0 aliphatic heterocycles. The van der Waals surface area contributed by atoms with E-state index in [2.05, 4.69) is 10.0 Å². The average Bonchev–Trinajstić information content (AvgIpc) is 2.35. The van der Waals surface area contributed by atoms with Crippen LogP contribution in [0.4, 0.5) is 5.69 Å². The first-order chi connectivity index (χ1) is 8.92. The van der Waals surface area contributed by atoms with Gasteiger partial charge >= 0.3 is 0 Å². The van der Waals surface area contributed by atoms with Gasteiger partial charge in [0.25, 0.3) is 0 Å². The molecule has 0 heterocycles. The topological polar surface area (TPSA) is 78.4 Å². The predicted molar refractivity (Wildman–Crippen MR) is 76.6 cm³/mol. The van der Waals surface area contributed by atoms with Gasteiger partial charge < -0.3 is 10.4 Å². The lowest BCUT2D eigenvalue weighted by Crippen LogP contribution is -2.31. The Labute approximate surface area is 115 Å².